The topological polar surface area (TPSA) is 93.5 Å². The molecule has 1 unspecified atom stereocenters. The van der Waals surface area contributed by atoms with Gasteiger partial charge >= 0.3 is 5.97 Å². The van der Waals surface area contributed by atoms with Crippen LogP contribution in [0, 0.1) is 22.7 Å². The highest BCUT2D eigenvalue weighted by atomic mass is 32.1. The Morgan fingerprint density at radius 1 is 1.32 bits per heavy atom. The first-order chi connectivity index (χ1) is 17.8. The van der Waals surface area contributed by atoms with Crippen LogP contribution in [0.25, 0.3) is 16.8 Å². The van der Waals surface area contributed by atoms with Crippen molar-refractivity contribution in [1.82, 2.24) is 4.98 Å². The third-order valence-electron chi connectivity index (χ3n) is 6.84. The van der Waals surface area contributed by atoms with E-state index in [9.17, 15) is 10.1 Å². The van der Waals surface area contributed by atoms with Crippen LogP contribution in [0.3, 0.4) is 0 Å². The second kappa shape index (κ2) is 10.2. The van der Waals surface area contributed by atoms with Gasteiger partial charge in [-0.3, -0.25) is 0 Å². The van der Waals surface area contributed by atoms with Crippen LogP contribution in [0.2, 0.25) is 0 Å². The normalized spacial score (nSPS) is 16.7. The summed E-state index contributed by atoms with van der Waals surface area (Å²) in [5, 5.41) is 16.4. The van der Waals surface area contributed by atoms with E-state index in [1.807, 2.05) is 30.5 Å². The number of nitrogens with zero attached hydrogens (tertiary/aromatic N) is 2. The molecular formula is C28H29N3O4S2. The summed E-state index contributed by atoms with van der Waals surface area (Å²) >= 11 is 2.98. The Balaban J connectivity index is 1.42. The maximum atomic E-state index is 12.9. The number of benzene rings is 1. The van der Waals surface area contributed by atoms with Gasteiger partial charge in [-0.1, -0.05) is 20.8 Å². The van der Waals surface area contributed by atoms with Crippen molar-refractivity contribution in [3.63, 3.8) is 0 Å². The van der Waals surface area contributed by atoms with Crippen molar-refractivity contribution >= 4 is 39.2 Å². The van der Waals surface area contributed by atoms with Crippen molar-refractivity contribution < 1.29 is 19.0 Å². The number of ether oxygens (including phenoxy) is 3. The number of carbonyl (C=O) groups is 1. The molecule has 5 rings (SSSR count). The predicted molar refractivity (Wildman–Crippen MR) is 146 cm³/mol. The molecule has 37 heavy (non-hydrogen) atoms. The number of thiophene rings is 1. The molecule has 1 aromatic carbocycles. The number of allylic oxidation sites excluding steroid dienone is 1. The van der Waals surface area contributed by atoms with E-state index in [1.165, 1.54) is 16.2 Å². The maximum Gasteiger partial charge on any atom is 0.341 e. The number of esters is 1. The number of carbonyl (C=O) groups excluding carboxylic acids is 1. The summed E-state index contributed by atoms with van der Waals surface area (Å²) in [6.45, 7) is 9.16. The minimum absolute atomic E-state index is 0.202. The lowest BCUT2D eigenvalue weighted by Gasteiger charge is -2.33. The maximum absolute atomic E-state index is 12.9. The SMILES string of the molecule is CCOC(=O)c1c(N/C=C(\C#N)c2nc(-c3ccc4c(c3)OCO4)cs2)sc2c1CCC(C(C)(C)C)C2. The molecule has 0 bridgehead atoms. The Bertz CT molecular complexity index is 1410. The van der Waals surface area contributed by atoms with Gasteiger partial charge in [0.15, 0.2) is 11.5 Å². The predicted octanol–water partition coefficient (Wildman–Crippen LogP) is 6.90. The molecule has 1 aliphatic carbocycles. The van der Waals surface area contributed by atoms with Crippen LogP contribution in [0.4, 0.5) is 5.00 Å². The van der Waals surface area contributed by atoms with Crippen molar-refractivity contribution in [3.8, 4) is 28.8 Å². The molecule has 3 aromatic rings. The van der Waals surface area contributed by atoms with Crippen molar-refractivity contribution in [2.45, 2.75) is 47.0 Å². The van der Waals surface area contributed by atoms with Crippen molar-refractivity contribution in [2.75, 3.05) is 18.7 Å². The molecule has 0 spiro atoms. The largest absolute Gasteiger partial charge is 0.462 e. The molecule has 3 heterocycles. The Labute approximate surface area is 224 Å². The molecule has 0 amide bonds. The standard InChI is InChI=1S/C28H29N3O4S2/c1-5-33-27(32)24-19-8-7-18(28(2,3)4)11-23(19)37-26(24)30-13-17(12-29)25-31-20(14-36-25)16-6-9-21-22(10-16)35-15-34-21/h6,9-10,13-14,18,30H,5,7-8,11,15H2,1-4H3/b17-13+. The van der Waals surface area contributed by atoms with Crippen LogP contribution in [-0.2, 0) is 17.6 Å². The van der Waals surface area contributed by atoms with Gasteiger partial charge in [0.25, 0.3) is 0 Å². The molecule has 192 valence electrons. The number of rotatable bonds is 6. The van der Waals surface area contributed by atoms with E-state index in [0.717, 1.165) is 41.1 Å². The van der Waals surface area contributed by atoms with Gasteiger partial charge in [-0.25, -0.2) is 9.78 Å². The fraction of sp³-hybridized carbons (Fsp3) is 0.393. The van der Waals surface area contributed by atoms with E-state index >= 15 is 0 Å². The summed E-state index contributed by atoms with van der Waals surface area (Å²) in [7, 11) is 0. The van der Waals surface area contributed by atoms with Gasteiger partial charge < -0.3 is 19.5 Å². The van der Waals surface area contributed by atoms with E-state index in [4.69, 9.17) is 14.2 Å². The second-order valence-electron chi connectivity index (χ2n) is 10.2. The van der Waals surface area contributed by atoms with Gasteiger partial charge in [0.2, 0.25) is 6.79 Å². The first-order valence-electron chi connectivity index (χ1n) is 12.3. The van der Waals surface area contributed by atoms with Gasteiger partial charge in [0, 0.05) is 22.0 Å². The molecule has 1 N–H and O–H groups in total. The monoisotopic (exact) mass is 535 g/mol. The molecular weight excluding hydrogens is 506 g/mol. The fourth-order valence-corrected chi connectivity index (χ4v) is 6.79. The zero-order chi connectivity index (χ0) is 26.2. The smallest absolute Gasteiger partial charge is 0.341 e. The van der Waals surface area contributed by atoms with Gasteiger partial charge in [-0.2, -0.15) is 5.26 Å². The number of thiazole rings is 1. The lowest BCUT2D eigenvalue weighted by atomic mass is 9.72. The molecule has 9 heteroatoms. The highest BCUT2D eigenvalue weighted by molar-refractivity contribution is 7.16. The minimum Gasteiger partial charge on any atom is -0.462 e. The van der Waals surface area contributed by atoms with E-state index < -0.39 is 0 Å². The average molecular weight is 536 g/mol. The summed E-state index contributed by atoms with van der Waals surface area (Å²) in [6.07, 6.45) is 4.48. The molecule has 1 atom stereocenters. The quantitative estimate of drug-likeness (QED) is 0.271. The molecule has 0 radical (unpaired) electrons. The van der Waals surface area contributed by atoms with Crippen molar-refractivity contribution in [1.29, 1.82) is 5.26 Å². The first kappa shape index (κ1) is 25.3. The fourth-order valence-electron chi connectivity index (χ4n) is 4.71. The van der Waals surface area contributed by atoms with E-state index in [0.29, 0.717) is 40.2 Å². The van der Waals surface area contributed by atoms with Gasteiger partial charge in [0.05, 0.1) is 17.9 Å². The number of nitrogens with one attached hydrogen (secondary N) is 1. The molecule has 7 nitrogen and oxygen atoms in total. The molecule has 0 saturated carbocycles. The van der Waals surface area contributed by atoms with Gasteiger partial charge in [-0.05, 0) is 61.3 Å². The van der Waals surface area contributed by atoms with E-state index in [1.54, 1.807) is 17.5 Å². The number of aromatic nitrogens is 1. The van der Waals surface area contributed by atoms with Crippen LogP contribution >= 0.6 is 22.7 Å². The average Bonchev–Trinajstić information content (AvgIpc) is 3.61. The first-order valence-corrected chi connectivity index (χ1v) is 14.0. The zero-order valence-corrected chi connectivity index (χ0v) is 23.0. The van der Waals surface area contributed by atoms with Crippen LogP contribution in [0.1, 0.15) is 59.9 Å². The highest BCUT2D eigenvalue weighted by Crippen LogP contribution is 2.45. The number of hydrogen-bond donors (Lipinski definition) is 1. The van der Waals surface area contributed by atoms with E-state index in [2.05, 4.69) is 37.1 Å². The second-order valence-corrected chi connectivity index (χ2v) is 12.1. The third kappa shape index (κ3) is 5.09. The van der Waals surface area contributed by atoms with Gasteiger partial charge in [-0.15, -0.1) is 22.7 Å². The molecule has 1 aliphatic heterocycles. The van der Waals surface area contributed by atoms with Crippen LogP contribution < -0.4 is 14.8 Å². The van der Waals surface area contributed by atoms with Crippen LogP contribution in [0.15, 0.2) is 29.8 Å². The number of fused-ring (bicyclic) bond motifs is 2. The summed E-state index contributed by atoms with van der Waals surface area (Å²) in [5.41, 5.74) is 3.92. The number of anilines is 1. The Kier molecular flexibility index (Phi) is 6.97. The Hall–Kier alpha value is -3.35. The van der Waals surface area contributed by atoms with Gasteiger partial charge in [0.1, 0.15) is 21.7 Å². The molecule has 0 fully saturated rings. The zero-order valence-electron chi connectivity index (χ0n) is 21.3. The molecule has 2 aromatic heterocycles. The summed E-state index contributed by atoms with van der Waals surface area (Å²) in [5.74, 6) is 1.64. The number of nitriles is 1. The number of hydrogen-bond acceptors (Lipinski definition) is 9. The van der Waals surface area contributed by atoms with Crippen LogP contribution in [-0.4, -0.2) is 24.4 Å². The molecule has 0 saturated heterocycles. The summed E-state index contributed by atoms with van der Waals surface area (Å²) in [6, 6.07) is 7.92. The summed E-state index contributed by atoms with van der Waals surface area (Å²) < 4.78 is 16.3. The van der Waals surface area contributed by atoms with Crippen LogP contribution in [0.5, 0.6) is 11.5 Å². The highest BCUT2D eigenvalue weighted by Gasteiger charge is 2.34. The van der Waals surface area contributed by atoms with Crippen molar-refractivity contribution in [2.24, 2.45) is 11.3 Å². The summed E-state index contributed by atoms with van der Waals surface area (Å²) in [4.78, 5) is 18.8. The van der Waals surface area contributed by atoms with E-state index in [-0.39, 0.29) is 18.2 Å². The lowest BCUT2D eigenvalue weighted by Crippen LogP contribution is -2.26. The lowest BCUT2D eigenvalue weighted by molar-refractivity contribution is 0.0526. The minimum atomic E-state index is -0.317. The Morgan fingerprint density at radius 2 is 2.14 bits per heavy atom. The Morgan fingerprint density at radius 3 is 2.89 bits per heavy atom. The van der Waals surface area contributed by atoms with Crippen molar-refractivity contribution in [3.05, 3.63) is 50.8 Å². The molecule has 2 aliphatic rings. The third-order valence-corrected chi connectivity index (χ3v) is 8.90.